The summed E-state index contributed by atoms with van der Waals surface area (Å²) in [4.78, 5) is 33.8. The number of carboxylic acid groups (broad SMARTS) is 1. The molecule has 1 unspecified atom stereocenters. The van der Waals surface area contributed by atoms with Gasteiger partial charge in [-0.3, -0.25) is 4.89 Å². The molecule has 0 aromatic rings. The molecule has 0 saturated carbocycles. The third-order valence-electron chi connectivity index (χ3n) is 0.403. The molecule has 0 aromatic carbocycles. The molecule has 0 aromatic heterocycles. The van der Waals surface area contributed by atoms with Gasteiger partial charge in [-0.2, -0.15) is 4.31 Å². The van der Waals surface area contributed by atoms with E-state index in [9.17, 15) is 13.9 Å². The quantitative estimate of drug-likeness (QED) is 0.248. The second kappa shape index (κ2) is 10.1. The molecular formula is CH9KNNaO9P2. The Hall–Kier alpha value is 2.17. The number of carbonyl (C=O) groups is 1. The molecule has 0 aliphatic heterocycles. The van der Waals surface area contributed by atoms with Crippen LogP contribution in [0.1, 0.15) is 2.85 Å². The monoisotopic (exact) mass is 303 g/mol. The van der Waals surface area contributed by atoms with E-state index in [1.165, 1.54) is 0 Å². The molecule has 1 atom stereocenters. The van der Waals surface area contributed by atoms with Crippen molar-refractivity contribution in [3.8, 4) is 0 Å². The van der Waals surface area contributed by atoms with Gasteiger partial charge in [-0.05, 0) is 0 Å². The van der Waals surface area contributed by atoms with E-state index in [1.807, 2.05) is 0 Å². The fraction of sp³-hybridized carbons (Fsp3) is 0. The Morgan fingerprint density at radius 3 is 1.73 bits per heavy atom. The van der Waals surface area contributed by atoms with Crippen LogP contribution in [0.5, 0.6) is 0 Å². The molecule has 0 spiro atoms. The minimum atomic E-state index is -5.24. The smallest absolute Gasteiger partial charge is 1.00 e. The van der Waals surface area contributed by atoms with Gasteiger partial charge in [0.05, 0.1) is 0 Å². The topological polar surface area (TPSA) is 186 Å². The summed E-state index contributed by atoms with van der Waals surface area (Å²) >= 11 is 0. The first kappa shape index (κ1) is 25.9. The van der Waals surface area contributed by atoms with Crippen LogP contribution in [0.4, 0.5) is 4.79 Å². The van der Waals surface area contributed by atoms with Gasteiger partial charge >= 0.3 is 103 Å². The van der Waals surface area contributed by atoms with Crippen molar-refractivity contribution in [2.45, 2.75) is 0 Å². The standard InChI is InChI=1S/CH4O9P2.K.H3N.Na.2H/c2-1(3)9-12(7,8)10-11(4,5)6;;;;;/h(H,2,3)(H,7,8)(H2,4,5,6);;1H3;;;/q;+1;;+1;2*-1. The molecule has 0 saturated heterocycles. The van der Waals surface area contributed by atoms with Gasteiger partial charge in [0.2, 0.25) is 0 Å². The van der Waals surface area contributed by atoms with Gasteiger partial charge in [-0.15, -0.1) is 0 Å². The molecule has 10 nitrogen and oxygen atoms in total. The molecule has 0 heterocycles. The zero-order valence-electron chi connectivity index (χ0n) is 9.93. The Morgan fingerprint density at radius 1 is 1.20 bits per heavy atom. The minimum absolute atomic E-state index is 0. The van der Waals surface area contributed by atoms with Gasteiger partial charge in [0.25, 0.3) is 0 Å². The van der Waals surface area contributed by atoms with E-state index in [0.717, 1.165) is 0 Å². The maximum absolute atomic E-state index is 10.3. The van der Waals surface area contributed by atoms with Gasteiger partial charge in [0, 0.05) is 0 Å². The summed E-state index contributed by atoms with van der Waals surface area (Å²) in [6, 6.07) is 0. The molecule has 0 bridgehead atoms. The summed E-state index contributed by atoms with van der Waals surface area (Å²) in [5.41, 5.74) is 0. The van der Waals surface area contributed by atoms with Crippen LogP contribution in [0.2, 0.25) is 0 Å². The molecule has 0 aliphatic rings. The largest absolute Gasteiger partial charge is 1.00 e. The zero-order chi connectivity index (χ0) is 9.99. The maximum Gasteiger partial charge on any atom is 1.00 e. The number of hydrogen-bond acceptors (Lipinski definition) is 6. The van der Waals surface area contributed by atoms with E-state index in [-0.39, 0.29) is 89.9 Å². The Bertz CT molecular complexity index is 284. The van der Waals surface area contributed by atoms with E-state index in [2.05, 4.69) is 8.83 Å². The van der Waals surface area contributed by atoms with E-state index in [4.69, 9.17) is 19.8 Å². The Balaban J connectivity index is -0.0000000605. The summed E-state index contributed by atoms with van der Waals surface area (Å²) in [6.07, 6.45) is -2.19. The van der Waals surface area contributed by atoms with E-state index in [0.29, 0.717) is 0 Å². The summed E-state index contributed by atoms with van der Waals surface area (Å²) in [5, 5.41) is 7.76. The molecule has 7 N–H and O–H groups in total. The van der Waals surface area contributed by atoms with Crippen molar-refractivity contribution in [2.75, 3.05) is 0 Å². The number of hydrogen-bond donors (Lipinski definition) is 5. The predicted molar refractivity (Wildman–Crippen MR) is 39.3 cm³/mol. The first-order valence-corrected chi connectivity index (χ1v) is 5.17. The minimum Gasteiger partial charge on any atom is -1.00 e. The van der Waals surface area contributed by atoms with Crippen molar-refractivity contribution < 1.29 is 126 Å². The molecule has 0 fully saturated rings. The van der Waals surface area contributed by atoms with Gasteiger partial charge < -0.3 is 28.4 Å². The summed E-state index contributed by atoms with van der Waals surface area (Å²) in [6.45, 7) is 0. The normalized spacial score (nSPS) is 13.3. The Morgan fingerprint density at radius 2 is 1.53 bits per heavy atom. The van der Waals surface area contributed by atoms with Crippen molar-refractivity contribution in [3.63, 3.8) is 0 Å². The Kier molecular flexibility index (Phi) is 17.5. The molecule has 0 aliphatic carbocycles. The van der Waals surface area contributed by atoms with Crippen LogP contribution in [-0.4, -0.2) is 25.9 Å². The van der Waals surface area contributed by atoms with E-state index in [1.54, 1.807) is 0 Å². The number of rotatable bonds is 3. The molecule has 0 radical (unpaired) electrons. The third kappa shape index (κ3) is 18.7. The molecular weight excluding hydrogens is 294 g/mol. The predicted octanol–water partition coefficient (Wildman–Crippen LogP) is -5.71. The second-order valence-electron chi connectivity index (χ2n) is 1.40. The van der Waals surface area contributed by atoms with Crippen LogP contribution in [0.25, 0.3) is 0 Å². The van der Waals surface area contributed by atoms with Gasteiger partial charge in [0.15, 0.2) is 0 Å². The zero-order valence-corrected chi connectivity index (χ0v) is 14.8. The first-order chi connectivity index (χ1) is 5.12. The summed E-state index contributed by atoms with van der Waals surface area (Å²) in [5.74, 6) is 0. The summed E-state index contributed by atoms with van der Waals surface area (Å²) < 4.78 is 26.4. The third-order valence-corrected chi connectivity index (χ3v) is 2.47. The van der Waals surface area contributed by atoms with Gasteiger partial charge in [-0.1, -0.05) is 0 Å². The van der Waals surface area contributed by atoms with Crippen molar-refractivity contribution in [1.29, 1.82) is 0 Å². The van der Waals surface area contributed by atoms with Gasteiger partial charge in [-0.25, -0.2) is 13.9 Å². The molecule has 0 rings (SSSR count). The number of phosphoric acid groups is 2. The summed E-state index contributed by atoms with van der Waals surface area (Å²) in [7, 11) is -10.5. The van der Waals surface area contributed by atoms with Crippen molar-refractivity contribution in [1.82, 2.24) is 6.15 Å². The van der Waals surface area contributed by atoms with Crippen LogP contribution in [0.3, 0.4) is 0 Å². The first-order valence-electron chi connectivity index (χ1n) is 2.14. The fourth-order valence-electron chi connectivity index (χ4n) is 0.250. The van der Waals surface area contributed by atoms with Crippen LogP contribution in [0.15, 0.2) is 0 Å². The Labute approximate surface area is 152 Å². The molecule has 14 heteroatoms. The van der Waals surface area contributed by atoms with Gasteiger partial charge in [0.1, 0.15) is 0 Å². The molecule has 15 heavy (non-hydrogen) atoms. The number of phosphoric ester groups is 1. The average Bonchev–Trinajstić information content (AvgIpc) is 1.48. The fourth-order valence-corrected chi connectivity index (χ4v) is 1.66. The average molecular weight is 303 g/mol. The van der Waals surface area contributed by atoms with E-state index < -0.39 is 21.8 Å². The van der Waals surface area contributed by atoms with Crippen molar-refractivity contribution in [2.24, 2.45) is 0 Å². The van der Waals surface area contributed by atoms with Crippen LogP contribution in [-0.2, 0) is 18.0 Å². The van der Waals surface area contributed by atoms with Crippen LogP contribution in [0, 0.1) is 0 Å². The van der Waals surface area contributed by atoms with Crippen molar-refractivity contribution >= 4 is 21.8 Å². The van der Waals surface area contributed by atoms with Crippen molar-refractivity contribution in [3.05, 3.63) is 0 Å². The molecule has 0 amide bonds. The second-order valence-corrected chi connectivity index (χ2v) is 4.15. The maximum atomic E-state index is 10.3. The van der Waals surface area contributed by atoms with E-state index >= 15 is 0 Å². The van der Waals surface area contributed by atoms with Crippen LogP contribution >= 0.6 is 15.6 Å². The SMILES string of the molecule is N.O=C(O)OP(=O)(O)OP(=O)(O)O.[H-].[H-].[K+].[Na+]. The van der Waals surface area contributed by atoms with Crippen LogP contribution < -0.4 is 87.1 Å². The molecule has 84 valence electrons.